The van der Waals surface area contributed by atoms with Crippen molar-refractivity contribution >= 4 is 11.6 Å². The van der Waals surface area contributed by atoms with E-state index in [2.05, 4.69) is 15.3 Å². The Morgan fingerprint density at radius 3 is 2.90 bits per heavy atom. The summed E-state index contributed by atoms with van der Waals surface area (Å²) in [5, 5.41) is 12.0. The van der Waals surface area contributed by atoms with E-state index in [1.54, 1.807) is 18.3 Å². The highest BCUT2D eigenvalue weighted by Crippen LogP contribution is 2.37. The number of aliphatic hydroxyl groups is 1. The number of benzene rings is 1. The maximum absolute atomic E-state index is 12.3. The molecule has 2 aromatic rings. The van der Waals surface area contributed by atoms with Crippen molar-refractivity contribution in [2.24, 2.45) is 0 Å². The molecule has 0 bridgehead atoms. The number of aliphatic hydroxyl groups excluding tert-OH is 1. The summed E-state index contributed by atoms with van der Waals surface area (Å²) in [7, 11) is 0. The molecule has 5 nitrogen and oxygen atoms in total. The minimum absolute atomic E-state index is 0.0531. The van der Waals surface area contributed by atoms with Crippen molar-refractivity contribution in [2.45, 2.75) is 32.3 Å². The number of rotatable bonds is 4. The fraction of sp³-hybridized carbons (Fsp3) is 0.312. The maximum atomic E-state index is 12.3. The SMILES string of the molecule is Cc1ccc(CO)cc1NC(=O)c1ccnc(C2CC2)n1. The Balaban J connectivity index is 1.81. The number of anilines is 1. The molecule has 2 N–H and O–H groups in total. The van der Waals surface area contributed by atoms with Crippen molar-refractivity contribution < 1.29 is 9.90 Å². The Hall–Kier alpha value is -2.27. The molecule has 0 spiro atoms. The van der Waals surface area contributed by atoms with Gasteiger partial charge in [0.1, 0.15) is 11.5 Å². The molecule has 1 saturated carbocycles. The van der Waals surface area contributed by atoms with Crippen molar-refractivity contribution in [3.63, 3.8) is 0 Å². The van der Waals surface area contributed by atoms with E-state index in [0.29, 0.717) is 17.3 Å². The molecule has 1 fully saturated rings. The third-order valence-electron chi connectivity index (χ3n) is 3.58. The van der Waals surface area contributed by atoms with Gasteiger partial charge in [0.05, 0.1) is 6.61 Å². The van der Waals surface area contributed by atoms with E-state index in [9.17, 15) is 9.90 Å². The van der Waals surface area contributed by atoms with Crippen LogP contribution >= 0.6 is 0 Å². The first kappa shape index (κ1) is 13.7. The number of amides is 1. The summed E-state index contributed by atoms with van der Waals surface area (Å²) in [6.45, 7) is 1.86. The van der Waals surface area contributed by atoms with Gasteiger partial charge in [-0.1, -0.05) is 12.1 Å². The molecule has 1 aromatic heterocycles. The topological polar surface area (TPSA) is 75.1 Å². The first-order valence-electron chi connectivity index (χ1n) is 7.02. The number of nitrogens with one attached hydrogen (secondary N) is 1. The first-order valence-corrected chi connectivity index (χ1v) is 7.02. The molecule has 108 valence electrons. The van der Waals surface area contributed by atoms with Gasteiger partial charge in [0, 0.05) is 17.8 Å². The second-order valence-electron chi connectivity index (χ2n) is 5.34. The minimum atomic E-state index is -0.252. The van der Waals surface area contributed by atoms with Crippen LogP contribution in [0.2, 0.25) is 0 Å². The van der Waals surface area contributed by atoms with E-state index in [-0.39, 0.29) is 12.5 Å². The van der Waals surface area contributed by atoms with Gasteiger partial charge in [-0.05, 0) is 43.0 Å². The van der Waals surface area contributed by atoms with Crippen molar-refractivity contribution in [3.8, 4) is 0 Å². The molecule has 0 unspecified atom stereocenters. The molecule has 1 aliphatic carbocycles. The lowest BCUT2D eigenvalue weighted by atomic mass is 10.1. The van der Waals surface area contributed by atoms with Gasteiger partial charge in [-0.2, -0.15) is 0 Å². The fourth-order valence-corrected chi connectivity index (χ4v) is 2.13. The second kappa shape index (κ2) is 5.61. The standard InChI is InChI=1S/C16H17N3O2/c1-10-2-3-11(9-20)8-14(10)19-16(21)13-6-7-17-15(18-13)12-4-5-12/h2-3,6-8,12,20H,4-5,9H2,1H3,(H,19,21). The van der Waals surface area contributed by atoms with Crippen LogP contribution in [0.1, 0.15) is 46.2 Å². The number of nitrogens with zero attached hydrogens (tertiary/aromatic N) is 2. The predicted octanol–water partition coefficient (Wildman–Crippen LogP) is 2.41. The Labute approximate surface area is 123 Å². The van der Waals surface area contributed by atoms with E-state index in [1.807, 2.05) is 19.1 Å². The molecule has 0 atom stereocenters. The van der Waals surface area contributed by atoms with Crippen LogP contribution in [0.15, 0.2) is 30.5 Å². The van der Waals surface area contributed by atoms with Gasteiger partial charge >= 0.3 is 0 Å². The van der Waals surface area contributed by atoms with E-state index in [4.69, 9.17) is 0 Å². The van der Waals surface area contributed by atoms with Crippen molar-refractivity contribution in [1.82, 2.24) is 9.97 Å². The van der Waals surface area contributed by atoms with Gasteiger partial charge in [0.25, 0.3) is 5.91 Å². The third kappa shape index (κ3) is 3.08. The van der Waals surface area contributed by atoms with Crippen LogP contribution < -0.4 is 5.32 Å². The van der Waals surface area contributed by atoms with Crippen LogP contribution in [0, 0.1) is 6.92 Å². The van der Waals surface area contributed by atoms with Gasteiger partial charge in [0.15, 0.2) is 0 Å². The largest absolute Gasteiger partial charge is 0.392 e. The lowest BCUT2D eigenvalue weighted by Gasteiger charge is -2.10. The zero-order valence-corrected chi connectivity index (χ0v) is 11.8. The Bertz CT molecular complexity index is 681. The van der Waals surface area contributed by atoms with Crippen LogP contribution in [0.25, 0.3) is 0 Å². The summed E-state index contributed by atoms with van der Waals surface area (Å²) in [5.74, 6) is 0.915. The average molecular weight is 283 g/mol. The summed E-state index contributed by atoms with van der Waals surface area (Å²) in [6, 6.07) is 7.10. The zero-order valence-electron chi connectivity index (χ0n) is 11.8. The van der Waals surface area contributed by atoms with Gasteiger partial charge < -0.3 is 10.4 Å². The van der Waals surface area contributed by atoms with E-state index < -0.39 is 0 Å². The summed E-state index contributed by atoms with van der Waals surface area (Å²) in [5.41, 5.74) is 2.77. The highest BCUT2D eigenvalue weighted by Gasteiger charge is 2.27. The smallest absolute Gasteiger partial charge is 0.274 e. The Morgan fingerprint density at radius 2 is 2.19 bits per heavy atom. The molecule has 1 heterocycles. The number of hydrogen-bond acceptors (Lipinski definition) is 4. The molecule has 3 rings (SSSR count). The number of aromatic nitrogens is 2. The van der Waals surface area contributed by atoms with E-state index >= 15 is 0 Å². The summed E-state index contributed by atoms with van der Waals surface area (Å²) in [4.78, 5) is 20.8. The number of hydrogen-bond donors (Lipinski definition) is 2. The monoisotopic (exact) mass is 283 g/mol. The lowest BCUT2D eigenvalue weighted by Crippen LogP contribution is -2.15. The normalized spacial score (nSPS) is 14.0. The number of aryl methyl sites for hydroxylation is 1. The quantitative estimate of drug-likeness (QED) is 0.903. The van der Waals surface area contributed by atoms with Gasteiger partial charge in [-0.25, -0.2) is 9.97 Å². The predicted molar refractivity (Wildman–Crippen MR) is 79.1 cm³/mol. The fourth-order valence-electron chi connectivity index (χ4n) is 2.13. The molecule has 1 aliphatic rings. The first-order chi connectivity index (χ1) is 10.2. The highest BCUT2D eigenvalue weighted by atomic mass is 16.3. The average Bonchev–Trinajstić information content (AvgIpc) is 3.34. The highest BCUT2D eigenvalue weighted by molar-refractivity contribution is 6.03. The molecular formula is C16H17N3O2. The molecular weight excluding hydrogens is 266 g/mol. The van der Waals surface area contributed by atoms with E-state index in [0.717, 1.165) is 29.8 Å². The second-order valence-corrected chi connectivity index (χ2v) is 5.34. The van der Waals surface area contributed by atoms with Crippen LogP contribution in [-0.4, -0.2) is 21.0 Å². The summed E-state index contributed by atoms with van der Waals surface area (Å²) < 4.78 is 0. The molecule has 1 aromatic carbocycles. The molecule has 0 radical (unpaired) electrons. The van der Waals surface area contributed by atoms with Gasteiger partial charge in [-0.3, -0.25) is 4.79 Å². The summed E-state index contributed by atoms with van der Waals surface area (Å²) in [6.07, 6.45) is 3.83. The zero-order chi connectivity index (χ0) is 14.8. The van der Waals surface area contributed by atoms with Crippen molar-refractivity contribution in [3.05, 3.63) is 53.1 Å². The Morgan fingerprint density at radius 1 is 1.38 bits per heavy atom. The Kier molecular flexibility index (Phi) is 3.66. The number of carbonyl (C=O) groups excluding carboxylic acids is 1. The van der Waals surface area contributed by atoms with Crippen LogP contribution in [0.3, 0.4) is 0 Å². The van der Waals surface area contributed by atoms with Gasteiger partial charge in [-0.15, -0.1) is 0 Å². The van der Waals surface area contributed by atoms with Crippen LogP contribution in [-0.2, 0) is 6.61 Å². The maximum Gasteiger partial charge on any atom is 0.274 e. The van der Waals surface area contributed by atoms with Crippen LogP contribution in [0.4, 0.5) is 5.69 Å². The molecule has 5 heteroatoms. The number of carbonyl (C=O) groups is 1. The van der Waals surface area contributed by atoms with Crippen LogP contribution in [0.5, 0.6) is 0 Å². The van der Waals surface area contributed by atoms with Crippen molar-refractivity contribution in [1.29, 1.82) is 0 Å². The lowest BCUT2D eigenvalue weighted by molar-refractivity contribution is 0.102. The van der Waals surface area contributed by atoms with Crippen molar-refractivity contribution in [2.75, 3.05) is 5.32 Å². The molecule has 0 saturated heterocycles. The minimum Gasteiger partial charge on any atom is -0.392 e. The van der Waals surface area contributed by atoms with Gasteiger partial charge in [0.2, 0.25) is 0 Å². The molecule has 0 aliphatic heterocycles. The third-order valence-corrected chi connectivity index (χ3v) is 3.58. The summed E-state index contributed by atoms with van der Waals surface area (Å²) >= 11 is 0. The molecule has 1 amide bonds. The van der Waals surface area contributed by atoms with E-state index in [1.165, 1.54) is 0 Å². The molecule has 21 heavy (non-hydrogen) atoms.